The summed E-state index contributed by atoms with van der Waals surface area (Å²) >= 11 is 0. The number of hydrogen-bond donors (Lipinski definition) is 1. The van der Waals surface area contributed by atoms with Gasteiger partial charge in [0.05, 0.1) is 28.7 Å². The van der Waals surface area contributed by atoms with Gasteiger partial charge < -0.3 is 0 Å². The van der Waals surface area contributed by atoms with Gasteiger partial charge in [0.15, 0.2) is 0 Å². The van der Waals surface area contributed by atoms with Gasteiger partial charge in [0.2, 0.25) is 0 Å². The van der Waals surface area contributed by atoms with Gasteiger partial charge in [-0.2, -0.15) is 5.10 Å². The van der Waals surface area contributed by atoms with E-state index >= 15 is 0 Å². The first kappa shape index (κ1) is 13.4. The number of anilines is 1. The molecule has 6 heteroatoms. The predicted octanol–water partition coefficient (Wildman–Crippen LogP) is 2.67. The number of nitrogens with one attached hydrogen (secondary N) is 1. The molecule has 3 aromatic rings. The molecular formula is C15H13N3O2S. The first-order valence-electron chi connectivity index (χ1n) is 6.33. The molecule has 0 saturated carbocycles. The van der Waals surface area contributed by atoms with Crippen LogP contribution >= 0.6 is 0 Å². The first-order valence-corrected chi connectivity index (χ1v) is 7.81. The van der Waals surface area contributed by atoms with Crippen LogP contribution in [0.2, 0.25) is 0 Å². The van der Waals surface area contributed by atoms with E-state index in [9.17, 15) is 8.42 Å². The monoisotopic (exact) mass is 299 g/mol. The molecule has 5 nitrogen and oxygen atoms in total. The van der Waals surface area contributed by atoms with Gasteiger partial charge in [0.1, 0.15) is 0 Å². The molecule has 106 valence electrons. The van der Waals surface area contributed by atoms with Crippen molar-refractivity contribution in [3.05, 3.63) is 73.1 Å². The SMILES string of the molecule is O=S(=O)(Nc1cnn(-c2ccccc2)c1)c1ccccc1. The molecule has 0 saturated heterocycles. The number of nitrogens with zero attached hydrogens (tertiary/aromatic N) is 2. The summed E-state index contributed by atoms with van der Waals surface area (Å²) in [6.45, 7) is 0. The zero-order chi connectivity index (χ0) is 14.7. The average molecular weight is 299 g/mol. The Morgan fingerprint density at radius 1 is 0.905 bits per heavy atom. The van der Waals surface area contributed by atoms with Crippen LogP contribution in [0.1, 0.15) is 0 Å². The van der Waals surface area contributed by atoms with E-state index in [2.05, 4.69) is 9.82 Å². The Balaban J connectivity index is 1.85. The van der Waals surface area contributed by atoms with Gasteiger partial charge in [-0.3, -0.25) is 4.72 Å². The fraction of sp³-hybridized carbons (Fsp3) is 0. The lowest BCUT2D eigenvalue weighted by molar-refractivity contribution is 0.601. The molecule has 1 heterocycles. The molecule has 0 amide bonds. The van der Waals surface area contributed by atoms with E-state index in [0.717, 1.165) is 5.69 Å². The minimum Gasteiger partial charge on any atom is -0.276 e. The summed E-state index contributed by atoms with van der Waals surface area (Å²) in [4.78, 5) is 0.220. The molecule has 0 atom stereocenters. The third kappa shape index (κ3) is 2.95. The Labute approximate surface area is 122 Å². The number of hydrogen-bond acceptors (Lipinski definition) is 3. The van der Waals surface area contributed by atoms with Crippen molar-refractivity contribution < 1.29 is 8.42 Å². The van der Waals surface area contributed by atoms with Crippen LogP contribution < -0.4 is 4.72 Å². The van der Waals surface area contributed by atoms with Gasteiger partial charge in [-0.15, -0.1) is 0 Å². The largest absolute Gasteiger partial charge is 0.276 e. The molecular weight excluding hydrogens is 286 g/mol. The van der Waals surface area contributed by atoms with Gasteiger partial charge in [0, 0.05) is 0 Å². The van der Waals surface area contributed by atoms with Gasteiger partial charge in [0.25, 0.3) is 10.0 Å². The normalized spacial score (nSPS) is 11.2. The van der Waals surface area contributed by atoms with E-state index in [1.165, 1.54) is 6.20 Å². The van der Waals surface area contributed by atoms with Crippen LogP contribution in [0.4, 0.5) is 5.69 Å². The van der Waals surface area contributed by atoms with Crippen LogP contribution in [-0.2, 0) is 10.0 Å². The number of rotatable bonds is 4. The number of sulfonamides is 1. The molecule has 0 unspecified atom stereocenters. The van der Waals surface area contributed by atoms with E-state index in [0.29, 0.717) is 5.69 Å². The smallest absolute Gasteiger partial charge is 0.261 e. The molecule has 1 N–H and O–H groups in total. The lowest BCUT2D eigenvalue weighted by atomic mass is 10.3. The van der Waals surface area contributed by atoms with Crippen LogP contribution in [0.3, 0.4) is 0 Å². The number of benzene rings is 2. The van der Waals surface area contributed by atoms with E-state index < -0.39 is 10.0 Å². The average Bonchev–Trinajstić information content (AvgIpc) is 2.97. The maximum atomic E-state index is 12.2. The maximum Gasteiger partial charge on any atom is 0.261 e. The fourth-order valence-corrected chi connectivity index (χ4v) is 2.96. The standard InChI is InChI=1S/C15H13N3O2S/c19-21(20,15-9-5-2-6-10-15)17-13-11-16-18(12-13)14-7-3-1-4-8-14/h1-12,17H. The molecule has 1 aromatic heterocycles. The summed E-state index contributed by atoms with van der Waals surface area (Å²) in [6.07, 6.45) is 3.11. The zero-order valence-corrected chi connectivity index (χ0v) is 11.9. The van der Waals surface area contributed by atoms with E-state index in [1.807, 2.05) is 30.3 Å². The van der Waals surface area contributed by atoms with Crippen molar-refractivity contribution in [1.82, 2.24) is 9.78 Å². The number of para-hydroxylation sites is 1. The fourth-order valence-electron chi connectivity index (χ4n) is 1.91. The predicted molar refractivity (Wildman–Crippen MR) is 80.8 cm³/mol. The quantitative estimate of drug-likeness (QED) is 0.805. The summed E-state index contributed by atoms with van der Waals surface area (Å²) in [5, 5.41) is 4.15. The second-order valence-electron chi connectivity index (χ2n) is 4.43. The summed E-state index contributed by atoms with van der Waals surface area (Å²) < 4.78 is 28.5. The van der Waals surface area contributed by atoms with Crippen LogP contribution in [0.25, 0.3) is 5.69 Å². The molecule has 0 aliphatic carbocycles. The van der Waals surface area contributed by atoms with E-state index in [-0.39, 0.29) is 4.90 Å². The van der Waals surface area contributed by atoms with Crippen molar-refractivity contribution >= 4 is 15.7 Å². The van der Waals surface area contributed by atoms with Crippen LogP contribution in [0.15, 0.2) is 78.0 Å². The molecule has 0 aliphatic rings. The highest BCUT2D eigenvalue weighted by atomic mass is 32.2. The molecule has 2 aromatic carbocycles. The minimum atomic E-state index is -3.59. The summed E-state index contributed by atoms with van der Waals surface area (Å²) in [6, 6.07) is 17.7. The van der Waals surface area contributed by atoms with Gasteiger partial charge >= 0.3 is 0 Å². The minimum absolute atomic E-state index is 0.220. The second kappa shape index (κ2) is 5.41. The van der Waals surface area contributed by atoms with Crippen molar-refractivity contribution in [2.45, 2.75) is 4.90 Å². The van der Waals surface area contributed by atoms with E-state index in [4.69, 9.17) is 0 Å². The highest BCUT2D eigenvalue weighted by molar-refractivity contribution is 7.92. The molecule has 21 heavy (non-hydrogen) atoms. The molecule has 0 aliphatic heterocycles. The maximum absolute atomic E-state index is 12.2. The van der Waals surface area contributed by atoms with Crippen LogP contribution in [-0.4, -0.2) is 18.2 Å². The molecule has 0 bridgehead atoms. The molecule has 0 spiro atoms. The summed E-state index contributed by atoms with van der Waals surface area (Å²) in [5.74, 6) is 0. The Morgan fingerprint density at radius 2 is 1.52 bits per heavy atom. The van der Waals surface area contributed by atoms with Crippen LogP contribution in [0, 0.1) is 0 Å². The van der Waals surface area contributed by atoms with Crippen molar-refractivity contribution in [3.63, 3.8) is 0 Å². The Kier molecular flexibility index (Phi) is 3.45. The highest BCUT2D eigenvalue weighted by Crippen LogP contribution is 2.16. The Bertz CT molecular complexity index is 828. The number of aromatic nitrogens is 2. The van der Waals surface area contributed by atoms with Crippen molar-refractivity contribution in [1.29, 1.82) is 0 Å². The highest BCUT2D eigenvalue weighted by Gasteiger charge is 2.14. The topological polar surface area (TPSA) is 64.0 Å². The van der Waals surface area contributed by atoms with Gasteiger partial charge in [-0.1, -0.05) is 36.4 Å². The first-order chi connectivity index (χ1) is 10.1. The Morgan fingerprint density at radius 3 is 2.19 bits per heavy atom. The van der Waals surface area contributed by atoms with Crippen molar-refractivity contribution in [2.24, 2.45) is 0 Å². The second-order valence-corrected chi connectivity index (χ2v) is 6.11. The summed E-state index contributed by atoms with van der Waals surface area (Å²) in [5.41, 5.74) is 1.28. The lowest BCUT2D eigenvalue weighted by Gasteiger charge is -2.05. The zero-order valence-electron chi connectivity index (χ0n) is 11.0. The van der Waals surface area contributed by atoms with Crippen molar-refractivity contribution in [2.75, 3.05) is 4.72 Å². The van der Waals surface area contributed by atoms with Crippen LogP contribution in [0.5, 0.6) is 0 Å². The van der Waals surface area contributed by atoms with Gasteiger partial charge in [-0.05, 0) is 24.3 Å². The molecule has 0 radical (unpaired) electrons. The van der Waals surface area contributed by atoms with E-state index in [1.54, 1.807) is 41.2 Å². The third-order valence-corrected chi connectivity index (χ3v) is 4.31. The molecule has 0 fully saturated rings. The van der Waals surface area contributed by atoms with Crippen molar-refractivity contribution in [3.8, 4) is 5.69 Å². The Hall–Kier alpha value is -2.60. The lowest BCUT2D eigenvalue weighted by Crippen LogP contribution is -2.12. The molecule has 3 rings (SSSR count). The summed E-state index contributed by atoms with van der Waals surface area (Å²) in [7, 11) is -3.59. The third-order valence-electron chi connectivity index (χ3n) is 2.91. The van der Waals surface area contributed by atoms with Gasteiger partial charge in [-0.25, -0.2) is 13.1 Å².